The molecule has 82 valence electrons. The molecule has 0 fully saturated rings. The first-order chi connectivity index (χ1) is 6.93. The lowest BCUT2D eigenvalue weighted by molar-refractivity contribution is -0.136. The van der Waals surface area contributed by atoms with Gasteiger partial charge in [0.2, 0.25) is 0 Å². The largest absolute Gasteiger partial charge is 0.481 e. The molecule has 1 aromatic carbocycles. The maximum atomic E-state index is 13.2. The monoisotopic (exact) mass is 222 g/mol. The maximum absolute atomic E-state index is 13.2. The van der Waals surface area contributed by atoms with E-state index in [0.717, 1.165) is 6.07 Å². The summed E-state index contributed by atoms with van der Waals surface area (Å²) >= 11 is 0. The Kier molecular flexibility index (Phi) is 3.28. The summed E-state index contributed by atoms with van der Waals surface area (Å²) < 4.78 is 50.3. The first kappa shape index (κ1) is 11.5. The molecule has 0 aromatic heterocycles. The quantitative estimate of drug-likeness (QED) is 0.798. The van der Waals surface area contributed by atoms with E-state index >= 15 is 0 Å². The molecule has 0 amide bonds. The second-order valence-corrected chi connectivity index (χ2v) is 2.81. The minimum absolute atomic E-state index is 0.459. The third-order valence-electron chi connectivity index (χ3n) is 1.77. The molecule has 1 aromatic rings. The van der Waals surface area contributed by atoms with Gasteiger partial charge in [0.05, 0.1) is 12.0 Å². The Labute approximate surface area is 82.1 Å². The summed E-state index contributed by atoms with van der Waals surface area (Å²) in [5.41, 5.74) is -1.84. The van der Waals surface area contributed by atoms with Crippen LogP contribution < -0.4 is 0 Å². The Balaban J connectivity index is 3.22. The number of carboxylic acids is 1. The molecule has 6 heteroatoms. The van der Waals surface area contributed by atoms with Crippen LogP contribution in [0.5, 0.6) is 0 Å². The minimum atomic E-state index is -3.31. The summed E-state index contributed by atoms with van der Waals surface area (Å²) in [6.45, 7) is 0. The molecule has 0 spiro atoms. The van der Waals surface area contributed by atoms with Gasteiger partial charge in [-0.3, -0.25) is 4.79 Å². The molecule has 15 heavy (non-hydrogen) atoms. The third-order valence-corrected chi connectivity index (χ3v) is 1.77. The highest BCUT2D eigenvalue weighted by atomic mass is 19.3. The van der Waals surface area contributed by atoms with Crippen molar-refractivity contribution in [2.75, 3.05) is 0 Å². The van der Waals surface area contributed by atoms with E-state index in [2.05, 4.69) is 0 Å². The zero-order chi connectivity index (χ0) is 11.6. The lowest BCUT2D eigenvalue weighted by Gasteiger charge is -2.07. The van der Waals surface area contributed by atoms with Crippen LogP contribution in [0.4, 0.5) is 17.6 Å². The first-order valence-electron chi connectivity index (χ1n) is 3.90. The SMILES string of the molecule is O=C(O)Cc1ccc(F)c(C(F)F)c1F. The second kappa shape index (κ2) is 4.29. The van der Waals surface area contributed by atoms with Gasteiger partial charge in [-0.15, -0.1) is 0 Å². The standard InChI is InChI=1S/C9H6F4O2/c10-5-2-1-4(3-6(14)15)8(11)7(5)9(12)13/h1-2,9H,3H2,(H,14,15). The van der Waals surface area contributed by atoms with E-state index in [1.807, 2.05) is 0 Å². The van der Waals surface area contributed by atoms with Crippen LogP contribution >= 0.6 is 0 Å². The van der Waals surface area contributed by atoms with Gasteiger partial charge in [-0.05, 0) is 11.6 Å². The molecular weight excluding hydrogens is 216 g/mol. The molecule has 0 atom stereocenters. The average Bonchev–Trinajstić information content (AvgIpc) is 2.09. The average molecular weight is 222 g/mol. The number of aliphatic carboxylic acids is 1. The minimum Gasteiger partial charge on any atom is -0.481 e. The van der Waals surface area contributed by atoms with Crippen molar-refractivity contribution in [3.8, 4) is 0 Å². The Morgan fingerprint density at radius 2 is 1.93 bits per heavy atom. The Morgan fingerprint density at radius 1 is 1.33 bits per heavy atom. The molecule has 1 N–H and O–H groups in total. The van der Waals surface area contributed by atoms with Gasteiger partial charge < -0.3 is 5.11 Å². The van der Waals surface area contributed by atoms with E-state index in [1.54, 1.807) is 0 Å². The van der Waals surface area contributed by atoms with Gasteiger partial charge in [0.25, 0.3) is 6.43 Å². The fourth-order valence-corrected chi connectivity index (χ4v) is 1.11. The van der Waals surface area contributed by atoms with Crippen molar-refractivity contribution in [1.29, 1.82) is 0 Å². The molecule has 0 saturated carbocycles. The number of carboxylic acid groups (broad SMARTS) is 1. The van der Waals surface area contributed by atoms with E-state index in [-0.39, 0.29) is 0 Å². The Morgan fingerprint density at radius 3 is 2.40 bits per heavy atom. The van der Waals surface area contributed by atoms with E-state index in [4.69, 9.17) is 5.11 Å². The molecule has 0 aliphatic carbocycles. The summed E-state index contributed by atoms with van der Waals surface area (Å²) in [6, 6.07) is 1.47. The predicted molar refractivity (Wildman–Crippen MR) is 42.7 cm³/mol. The van der Waals surface area contributed by atoms with Gasteiger partial charge in [-0.2, -0.15) is 0 Å². The van der Waals surface area contributed by atoms with Crippen molar-refractivity contribution in [3.05, 3.63) is 34.9 Å². The van der Waals surface area contributed by atoms with Gasteiger partial charge in [0, 0.05) is 0 Å². The van der Waals surface area contributed by atoms with Gasteiger partial charge in [-0.1, -0.05) is 6.07 Å². The van der Waals surface area contributed by atoms with E-state index in [1.165, 1.54) is 0 Å². The van der Waals surface area contributed by atoms with Crippen LogP contribution in [0.3, 0.4) is 0 Å². The summed E-state index contributed by atoms with van der Waals surface area (Å²) in [5, 5.41) is 8.34. The summed E-state index contributed by atoms with van der Waals surface area (Å²) in [4.78, 5) is 10.2. The van der Waals surface area contributed by atoms with Gasteiger partial charge in [0.15, 0.2) is 0 Å². The van der Waals surface area contributed by atoms with Gasteiger partial charge in [-0.25, -0.2) is 17.6 Å². The van der Waals surface area contributed by atoms with Crippen molar-refractivity contribution in [2.24, 2.45) is 0 Å². The third kappa shape index (κ3) is 2.45. The normalized spacial score (nSPS) is 10.7. The fourth-order valence-electron chi connectivity index (χ4n) is 1.11. The summed E-state index contributed by atoms with van der Waals surface area (Å²) in [5.74, 6) is -4.25. The highest BCUT2D eigenvalue weighted by molar-refractivity contribution is 5.70. The molecule has 1 rings (SSSR count). The van der Waals surface area contributed by atoms with Crippen LogP contribution in [0.2, 0.25) is 0 Å². The number of hydrogen-bond donors (Lipinski definition) is 1. The smallest absolute Gasteiger partial charge is 0.307 e. The van der Waals surface area contributed by atoms with Gasteiger partial charge in [0.1, 0.15) is 11.6 Å². The van der Waals surface area contributed by atoms with E-state index < -0.39 is 41.6 Å². The molecule has 0 saturated heterocycles. The lowest BCUT2D eigenvalue weighted by Crippen LogP contribution is -2.06. The molecule has 0 radical (unpaired) electrons. The molecule has 0 unspecified atom stereocenters. The number of benzene rings is 1. The van der Waals surface area contributed by atoms with Crippen molar-refractivity contribution in [1.82, 2.24) is 0 Å². The van der Waals surface area contributed by atoms with Crippen LogP contribution in [0, 0.1) is 11.6 Å². The molecule has 0 aliphatic heterocycles. The van der Waals surface area contributed by atoms with Crippen LogP contribution in [-0.4, -0.2) is 11.1 Å². The highest BCUT2D eigenvalue weighted by Gasteiger charge is 2.22. The molecular formula is C9H6F4O2. The van der Waals surface area contributed by atoms with Crippen molar-refractivity contribution < 1.29 is 27.5 Å². The number of halogens is 4. The number of hydrogen-bond acceptors (Lipinski definition) is 1. The van der Waals surface area contributed by atoms with E-state index in [9.17, 15) is 22.4 Å². The number of carbonyl (C=O) groups is 1. The maximum Gasteiger partial charge on any atom is 0.307 e. The lowest BCUT2D eigenvalue weighted by atomic mass is 10.1. The van der Waals surface area contributed by atoms with Crippen LogP contribution in [0.1, 0.15) is 17.6 Å². The molecule has 0 aliphatic rings. The molecule has 0 bridgehead atoms. The number of alkyl halides is 2. The Bertz CT molecular complexity index is 390. The molecule has 2 nitrogen and oxygen atoms in total. The summed E-state index contributed by atoms with van der Waals surface area (Å²) in [7, 11) is 0. The second-order valence-electron chi connectivity index (χ2n) is 2.81. The zero-order valence-corrected chi connectivity index (χ0v) is 7.31. The van der Waals surface area contributed by atoms with Crippen LogP contribution in [-0.2, 0) is 11.2 Å². The van der Waals surface area contributed by atoms with Crippen molar-refractivity contribution >= 4 is 5.97 Å². The van der Waals surface area contributed by atoms with Crippen molar-refractivity contribution in [3.63, 3.8) is 0 Å². The zero-order valence-electron chi connectivity index (χ0n) is 7.31. The fraction of sp³-hybridized carbons (Fsp3) is 0.222. The Hall–Kier alpha value is -1.59. The van der Waals surface area contributed by atoms with Crippen molar-refractivity contribution in [2.45, 2.75) is 12.8 Å². The number of rotatable bonds is 3. The first-order valence-corrected chi connectivity index (χ1v) is 3.90. The molecule has 0 heterocycles. The van der Waals surface area contributed by atoms with Gasteiger partial charge >= 0.3 is 5.97 Å². The van der Waals surface area contributed by atoms with Crippen LogP contribution in [0.15, 0.2) is 12.1 Å². The van der Waals surface area contributed by atoms with Crippen LogP contribution in [0.25, 0.3) is 0 Å². The predicted octanol–water partition coefficient (Wildman–Crippen LogP) is 2.53. The topological polar surface area (TPSA) is 37.3 Å². The highest BCUT2D eigenvalue weighted by Crippen LogP contribution is 2.27. The van der Waals surface area contributed by atoms with E-state index in [0.29, 0.717) is 6.07 Å². The summed E-state index contributed by atoms with van der Waals surface area (Å²) in [6.07, 6.45) is -4.06.